The van der Waals surface area contributed by atoms with Gasteiger partial charge < -0.3 is 0 Å². The van der Waals surface area contributed by atoms with Gasteiger partial charge in [0.2, 0.25) is 5.62 Å². The number of nitrogens with zero attached hydrogens (tertiary/aromatic N) is 4. The Morgan fingerprint density at radius 2 is 0.967 bits per heavy atom. The van der Waals surface area contributed by atoms with E-state index in [1.807, 2.05) is 24.3 Å². The Morgan fingerprint density at radius 3 is 1.37 bits per heavy atom. The van der Waals surface area contributed by atoms with E-state index in [2.05, 4.69) is 92.4 Å². The van der Waals surface area contributed by atoms with Crippen LogP contribution in [0.2, 0.25) is 0 Å². The Hall–Kier alpha value is -3.40. The Kier molecular flexibility index (Phi) is 5.17. The van der Waals surface area contributed by atoms with Crippen molar-refractivity contribution in [1.29, 1.82) is 0 Å². The molecule has 1 aliphatic rings. The Bertz CT molecular complexity index is 1150. The molecule has 1 heterocycles. The molecule has 4 heteroatoms. The van der Waals surface area contributed by atoms with Gasteiger partial charge in [0.15, 0.2) is 0 Å². The van der Waals surface area contributed by atoms with Crippen LogP contribution in [-0.2, 0) is 0 Å². The zero-order chi connectivity index (χ0) is 21.4. The Labute approximate surface area is 178 Å². The van der Waals surface area contributed by atoms with Gasteiger partial charge in [-0.05, 0) is 75.9 Å². The second-order valence-corrected chi connectivity index (χ2v) is 8.18. The van der Waals surface area contributed by atoms with Crippen LogP contribution in [0, 0.1) is 41.5 Å². The second-order valence-electron chi connectivity index (χ2n) is 8.18. The van der Waals surface area contributed by atoms with E-state index in [4.69, 9.17) is 5.10 Å². The van der Waals surface area contributed by atoms with Crippen molar-refractivity contribution in [2.45, 2.75) is 41.5 Å². The van der Waals surface area contributed by atoms with E-state index in [0.717, 1.165) is 22.7 Å². The summed E-state index contributed by atoms with van der Waals surface area (Å²) in [5, 5.41) is 9.24. The highest BCUT2D eigenvalue weighted by Gasteiger charge is 2.14. The fourth-order valence-corrected chi connectivity index (χ4v) is 4.47. The summed E-state index contributed by atoms with van der Waals surface area (Å²) in [6.07, 6.45) is 12.1. The molecule has 3 aromatic rings. The average Bonchev–Trinajstić information content (AvgIpc) is 3.29. The van der Waals surface area contributed by atoms with E-state index in [-0.39, 0.29) is 0 Å². The van der Waals surface area contributed by atoms with Crippen LogP contribution in [0.25, 0.3) is 11.4 Å². The molecule has 0 amide bonds. The number of benzene rings is 2. The standard InChI is InChI=1S/C26H28N4/c1-17-13-19(3)24(20(4)14-17)29-11-12-30(25-21(5)15-18(2)16-22(25)6)26(29)28-27-23-9-7-8-10-23/h7-16H,1-6H3. The van der Waals surface area contributed by atoms with Crippen LogP contribution in [0.1, 0.15) is 33.4 Å². The molecule has 4 rings (SSSR count). The first-order valence-corrected chi connectivity index (χ1v) is 10.3. The van der Waals surface area contributed by atoms with Crippen molar-refractivity contribution in [3.8, 4) is 11.4 Å². The lowest BCUT2D eigenvalue weighted by Gasteiger charge is -2.15. The Morgan fingerprint density at radius 1 is 0.567 bits per heavy atom. The third-order valence-corrected chi connectivity index (χ3v) is 5.45. The first-order chi connectivity index (χ1) is 14.3. The molecular weight excluding hydrogens is 368 g/mol. The normalized spacial score (nSPS) is 12.7. The van der Waals surface area contributed by atoms with Crippen molar-refractivity contribution in [2.75, 3.05) is 0 Å². The lowest BCUT2D eigenvalue weighted by Crippen LogP contribution is -2.25. The van der Waals surface area contributed by atoms with Gasteiger partial charge in [-0.15, -0.1) is 10.2 Å². The zero-order valence-electron chi connectivity index (χ0n) is 18.6. The van der Waals surface area contributed by atoms with Gasteiger partial charge in [0.25, 0.3) is 0 Å². The maximum Gasteiger partial charge on any atom is 0.239 e. The van der Waals surface area contributed by atoms with Gasteiger partial charge in [-0.2, -0.15) is 0 Å². The van der Waals surface area contributed by atoms with Gasteiger partial charge in [-0.25, -0.2) is 0 Å². The molecule has 0 atom stereocenters. The van der Waals surface area contributed by atoms with E-state index in [1.165, 1.54) is 33.4 Å². The molecule has 0 unspecified atom stereocenters. The van der Waals surface area contributed by atoms with Crippen molar-refractivity contribution < 1.29 is 0 Å². The molecule has 0 N–H and O–H groups in total. The molecule has 0 saturated heterocycles. The van der Waals surface area contributed by atoms with Crippen LogP contribution in [0.15, 0.2) is 71.2 Å². The molecule has 0 radical (unpaired) electrons. The molecule has 1 aromatic heterocycles. The van der Waals surface area contributed by atoms with Gasteiger partial charge >= 0.3 is 0 Å². The van der Waals surface area contributed by atoms with Crippen LogP contribution in [0.5, 0.6) is 0 Å². The third kappa shape index (κ3) is 3.61. The molecule has 4 nitrogen and oxygen atoms in total. The monoisotopic (exact) mass is 396 g/mol. The quantitative estimate of drug-likeness (QED) is 0.524. The molecule has 0 fully saturated rings. The number of imidazole rings is 1. The first kappa shape index (κ1) is 19.9. The Balaban J connectivity index is 2.03. The van der Waals surface area contributed by atoms with Gasteiger partial charge in [-0.1, -0.05) is 47.5 Å². The molecule has 30 heavy (non-hydrogen) atoms. The van der Waals surface area contributed by atoms with Crippen molar-refractivity contribution in [1.82, 2.24) is 9.13 Å². The minimum absolute atomic E-state index is 0.779. The van der Waals surface area contributed by atoms with Crippen molar-refractivity contribution >= 4 is 5.71 Å². The van der Waals surface area contributed by atoms with Crippen LogP contribution < -0.4 is 5.62 Å². The van der Waals surface area contributed by atoms with Crippen molar-refractivity contribution in [3.63, 3.8) is 0 Å². The molecule has 1 aliphatic carbocycles. The van der Waals surface area contributed by atoms with E-state index in [0.29, 0.717) is 0 Å². The topological polar surface area (TPSA) is 34.6 Å². The molecule has 0 aliphatic heterocycles. The molecular formula is C26H28N4. The summed E-state index contributed by atoms with van der Waals surface area (Å²) in [4.78, 5) is 0. The van der Waals surface area contributed by atoms with Crippen LogP contribution in [0.4, 0.5) is 0 Å². The fourth-order valence-electron chi connectivity index (χ4n) is 4.47. The van der Waals surface area contributed by atoms with Crippen molar-refractivity contribution in [3.05, 3.63) is 100.0 Å². The molecule has 0 bridgehead atoms. The summed E-state index contributed by atoms with van der Waals surface area (Å²) in [6, 6.07) is 8.86. The maximum absolute atomic E-state index is 4.72. The predicted molar refractivity (Wildman–Crippen MR) is 125 cm³/mol. The van der Waals surface area contributed by atoms with Gasteiger partial charge in [0.05, 0.1) is 17.1 Å². The van der Waals surface area contributed by atoms with E-state index < -0.39 is 0 Å². The van der Waals surface area contributed by atoms with E-state index >= 15 is 0 Å². The number of aryl methyl sites for hydroxylation is 6. The fraction of sp³-hybridized carbons (Fsp3) is 0.231. The second kappa shape index (κ2) is 7.79. The number of rotatable bonds is 3. The average molecular weight is 397 g/mol. The number of aromatic nitrogens is 2. The van der Waals surface area contributed by atoms with Crippen molar-refractivity contribution in [2.24, 2.45) is 10.2 Å². The summed E-state index contributed by atoms with van der Waals surface area (Å²) in [5.41, 5.74) is 11.3. The highest BCUT2D eigenvalue weighted by atomic mass is 15.3. The lowest BCUT2D eigenvalue weighted by molar-refractivity contribution is 0.821. The number of allylic oxidation sites excluding steroid dienone is 4. The molecule has 0 spiro atoms. The summed E-state index contributed by atoms with van der Waals surface area (Å²) >= 11 is 0. The molecule has 152 valence electrons. The third-order valence-electron chi connectivity index (χ3n) is 5.45. The SMILES string of the molecule is Cc1cc(C)c(-n2ccn(-c3c(C)cc(C)cc3C)c2=NN=C2C=CC=C2)c(C)c1. The molecule has 2 aromatic carbocycles. The van der Waals surface area contributed by atoms with Gasteiger partial charge in [-0.3, -0.25) is 9.13 Å². The van der Waals surface area contributed by atoms with E-state index in [9.17, 15) is 0 Å². The largest absolute Gasteiger partial charge is 0.284 e. The van der Waals surface area contributed by atoms with Gasteiger partial charge in [0.1, 0.15) is 0 Å². The zero-order valence-corrected chi connectivity index (χ0v) is 18.6. The number of hydrogen-bond acceptors (Lipinski definition) is 2. The lowest BCUT2D eigenvalue weighted by atomic mass is 10.0. The predicted octanol–water partition coefficient (Wildman–Crippen LogP) is 5.50. The van der Waals surface area contributed by atoms with Gasteiger partial charge in [0, 0.05) is 12.4 Å². The van der Waals surface area contributed by atoms with Crippen LogP contribution in [-0.4, -0.2) is 14.8 Å². The summed E-state index contributed by atoms with van der Waals surface area (Å²) in [6.45, 7) is 12.9. The summed E-state index contributed by atoms with van der Waals surface area (Å²) in [5.74, 6) is 0. The van der Waals surface area contributed by atoms with E-state index in [1.54, 1.807) is 0 Å². The smallest absolute Gasteiger partial charge is 0.239 e. The highest BCUT2D eigenvalue weighted by molar-refractivity contribution is 6.06. The molecule has 0 saturated carbocycles. The minimum Gasteiger partial charge on any atom is -0.284 e. The van der Waals surface area contributed by atoms with Crippen LogP contribution >= 0.6 is 0 Å². The maximum atomic E-state index is 4.72. The number of hydrogen-bond donors (Lipinski definition) is 0. The first-order valence-electron chi connectivity index (χ1n) is 10.3. The van der Waals surface area contributed by atoms with Crippen LogP contribution in [0.3, 0.4) is 0 Å². The summed E-state index contributed by atoms with van der Waals surface area (Å²) in [7, 11) is 0. The highest BCUT2D eigenvalue weighted by Crippen LogP contribution is 2.23. The summed E-state index contributed by atoms with van der Waals surface area (Å²) < 4.78 is 4.30. The minimum atomic E-state index is 0.779.